The number of anilines is 1. The fourth-order valence-corrected chi connectivity index (χ4v) is 2.35. The Morgan fingerprint density at radius 2 is 1.83 bits per heavy atom. The van der Waals surface area contributed by atoms with Gasteiger partial charge in [0.25, 0.3) is 0 Å². The Labute approximate surface area is 136 Å². The fraction of sp³-hybridized carbons (Fsp3) is 0.316. The number of fused-ring (bicyclic) bond motifs is 1. The van der Waals surface area contributed by atoms with Crippen molar-refractivity contribution in [3.8, 4) is 0 Å². The van der Waals surface area contributed by atoms with Crippen molar-refractivity contribution in [1.29, 1.82) is 0 Å². The van der Waals surface area contributed by atoms with Crippen LogP contribution in [0.1, 0.15) is 31.9 Å². The van der Waals surface area contributed by atoms with Gasteiger partial charge in [0.05, 0.1) is 23.2 Å². The van der Waals surface area contributed by atoms with Crippen LogP contribution in [0.25, 0.3) is 11.0 Å². The van der Waals surface area contributed by atoms with E-state index in [-0.39, 0.29) is 5.60 Å². The quantitative estimate of drug-likeness (QED) is 0.730. The Morgan fingerprint density at radius 1 is 1.04 bits per heavy atom. The largest absolute Gasteiger partial charge is 0.371 e. The summed E-state index contributed by atoms with van der Waals surface area (Å²) in [5.74, 6) is 0.794. The molecule has 0 aliphatic rings. The summed E-state index contributed by atoms with van der Waals surface area (Å²) in [7, 11) is 0. The number of hydrogen-bond acceptors (Lipinski definition) is 3. The van der Waals surface area contributed by atoms with Crippen molar-refractivity contribution in [3.05, 3.63) is 59.7 Å². The Bertz CT molecular complexity index is 753. The molecule has 0 amide bonds. The van der Waals surface area contributed by atoms with Gasteiger partial charge in [-0.3, -0.25) is 0 Å². The minimum atomic E-state index is -0.122. The number of H-pyrrole nitrogens is 1. The summed E-state index contributed by atoms with van der Waals surface area (Å²) in [6, 6.07) is 16.5. The van der Waals surface area contributed by atoms with Gasteiger partial charge in [0.1, 0.15) is 0 Å². The molecule has 0 unspecified atom stereocenters. The summed E-state index contributed by atoms with van der Waals surface area (Å²) in [4.78, 5) is 7.81. The maximum Gasteiger partial charge on any atom is 0.201 e. The second-order valence-electron chi connectivity index (χ2n) is 6.68. The lowest BCUT2D eigenvalue weighted by Crippen LogP contribution is -2.18. The molecule has 2 aromatic carbocycles. The zero-order valence-electron chi connectivity index (χ0n) is 13.9. The molecule has 1 heterocycles. The SMILES string of the molecule is CC(C)(C)OCc1cccc(CNc2nc3ccccc3[nH]2)c1. The van der Waals surface area contributed by atoms with Gasteiger partial charge < -0.3 is 15.0 Å². The third-order valence-corrected chi connectivity index (χ3v) is 3.51. The van der Waals surface area contributed by atoms with Gasteiger partial charge in [-0.1, -0.05) is 36.4 Å². The first-order chi connectivity index (χ1) is 11.0. The van der Waals surface area contributed by atoms with E-state index in [1.165, 1.54) is 11.1 Å². The third-order valence-electron chi connectivity index (χ3n) is 3.51. The van der Waals surface area contributed by atoms with Crippen LogP contribution in [0, 0.1) is 0 Å². The van der Waals surface area contributed by atoms with E-state index in [0.717, 1.165) is 23.5 Å². The topological polar surface area (TPSA) is 49.9 Å². The third kappa shape index (κ3) is 4.33. The summed E-state index contributed by atoms with van der Waals surface area (Å²) in [5, 5.41) is 3.34. The maximum absolute atomic E-state index is 5.83. The molecule has 1 aromatic heterocycles. The normalized spacial score (nSPS) is 11.8. The first kappa shape index (κ1) is 15.6. The second kappa shape index (κ2) is 6.42. The minimum absolute atomic E-state index is 0.122. The molecule has 0 atom stereocenters. The van der Waals surface area contributed by atoms with Crippen LogP contribution in [0.5, 0.6) is 0 Å². The zero-order chi connectivity index (χ0) is 16.3. The Morgan fingerprint density at radius 3 is 2.61 bits per heavy atom. The number of aromatic amines is 1. The van der Waals surface area contributed by atoms with Crippen LogP contribution < -0.4 is 5.32 Å². The molecule has 120 valence electrons. The number of para-hydroxylation sites is 2. The number of aromatic nitrogens is 2. The predicted octanol–water partition coefficient (Wildman–Crippen LogP) is 4.49. The van der Waals surface area contributed by atoms with Crippen LogP contribution in [-0.2, 0) is 17.9 Å². The van der Waals surface area contributed by atoms with Crippen molar-refractivity contribution in [2.45, 2.75) is 39.5 Å². The van der Waals surface area contributed by atoms with Crippen LogP contribution in [-0.4, -0.2) is 15.6 Å². The number of benzene rings is 2. The van der Waals surface area contributed by atoms with Gasteiger partial charge >= 0.3 is 0 Å². The number of nitrogens with zero attached hydrogens (tertiary/aromatic N) is 1. The lowest BCUT2D eigenvalue weighted by atomic mass is 10.1. The molecule has 0 fully saturated rings. The highest BCUT2D eigenvalue weighted by molar-refractivity contribution is 5.77. The molecule has 0 aliphatic heterocycles. The first-order valence-corrected chi connectivity index (χ1v) is 7.90. The number of imidazole rings is 1. The van der Waals surface area contributed by atoms with Crippen LogP contribution in [0.15, 0.2) is 48.5 Å². The van der Waals surface area contributed by atoms with Gasteiger partial charge in [-0.25, -0.2) is 4.98 Å². The molecule has 2 N–H and O–H groups in total. The fourth-order valence-electron chi connectivity index (χ4n) is 2.35. The van der Waals surface area contributed by atoms with Gasteiger partial charge in [-0.15, -0.1) is 0 Å². The van der Waals surface area contributed by atoms with Crippen molar-refractivity contribution >= 4 is 17.0 Å². The molecule has 0 spiro atoms. The summed E-state index contributed by atoms with van der Waals surface area (Å²) in [6.45, 7) is 7.56. The molecule has 4 nitrogen and oxygen atoms in total. The molecular formula is C19H23N3O. The van der Waals surface area contributed by atoms with E-state index < -0.39 is 0 Å². The number of nitrogens with one attached hydrogen (secondary N) is 2. The molecule has 0 aliphatic carbocycles. The molecular weight excluding hydrogens is 286 g/mol. The minimum Gasteiger partial charge on any atom is -0.371 e. The average molecular weight is 309 g/mol. The first-order valence-electron chi connectivity index (χ1n) is 7.90. The highest BCUT2D eigenvalue weighted by atomic mass is 16.5. The Balaban J connectivity index is 1.63. The number of rotatable bonds is 5. The van der Waals surface area contributed by atoms with Crippen molar-refractivity contribution in [3.63, 3.8) is 0 Å². The van der Waals surface area contributed by atoms with Gasteiger partial charge in [-0.2, -0.15) is 0 Å². The van der Waals surface area contributed by atoms with E-state index in [2.05, 4.69) is 60.3 Å². The van der Waals surface area contributed by atoms with Crippen molar-refractivity contribution in [2.24, 2.45) is 0 Å². The van der Waals surface area contributed by atoms with E-state index in [4.69, 9.17) is 4.74 Å². The number of hydrogen-bond donors (Lipinski definition) is 2. The lowest BCUT2D eigenvalue weighted by Gasteiger charge is -2.19. The predicted molar refractivity (Wildman–Crippen MR) is 94.4 cm³/mol. The molecule has 3 rings (SSSR count). The summed E-state index contributed by atoms with van der Waals surface area (Å²) in [6.07, 6.45) is 0. The van der Waals surface area contributed by atoms with Crippen LogP contribution in [0.3, 0.4) is 0 Å². The molecule has 0 radical (unpaired) electrons. The summed E-state index contributed by atoms with van der Waals surface area (Å²) < 4.78 is 5.83. The van der Waals surface area contributed by atoms with E-state index >= 15 is 0 Å². The molecule has 23 heavy (non-hydrogen) atoms. The van der Waals surface area contributed by atoms with Gasteiger partial charge in [0.2, 0.25) is 5.95 Å². The van der Waals surface area contributed by atoms with E-state index in [0.29, 0.717) is 6.61 Å². The maximum atomic E-state index is 5.83. The summed E-state index contributed by atoms with van der Waals surface area (Å²) in [5.41, 5.74) is 4.29. The van der Waals surface area contributed by atoms with E-state index in [1.807, 2.05) is 24.3 Å². The summed E-state index contributed by atoms with van der Waals surface area (Å²) >= 11 is 0. The van der Waals surface area contributed by atoms with E-state index in [1.54, 1.807) is 0 Å². The van der Waals surface area contributed by atoms with Crippen LogP contribution in [0.2, 0.25) is 0 Å². The van der Waals surface area contributed by atoms with Crippen molar-refractivity contribution in [1.82, 2.24) is 9.97 Å². The van der Waals surface area contributed by atoms with E-state index in [9.17, 15) is 0 Å². The molecule has 0 saturated carbocycles. The Kier molecular flexibility index (Phi) is 4.35. The van der Waals surface area contributed by atoms with Crippen LogP contribution >= 0.6 is 0 Å². The highest BCUT2D eigenvalue weighted by Gasteiger charge is 2.10. The molecule has 3 aromatic rings. The second-order valence-corrected chi connectivity index (χ2v) is 6.68. The zero-order valence-corrected chi connectivity index (χ0v) is 13.9. The standard InChI is InChI=1S/C19H23N3O/c1-19(2,3)23-13-15-8-6-7-14(11-15)12-20-18-21-16-9-4-5-10-17(16)22-18/h4-11H,12-13H2,1-3H3,(H2,20,21,22). The van der Waals surface area contributed by atoms with Gasteiger partial charge in [0, 0.05) is 6.54 Å². The van der Waals surface area contributed by atoms with Gasteiger partial charge in [-0.05, 0) is 44.0 Å². The monoisotopic (exact) mass is 309 g/mol. The molecule has 0 saturated heterocycles. The highest BCUT2D eigenvalue weighted by Crippen LogP contribution is 2.16. The van der Waals surface area contributed by atoms with Crippen LogP contribution in [0.4, 0.5) is 5.95 Å². The molecule has 4 heteroatoms. The molecule has 0 bridgehead atoms. The number of ether oxygens (including phenoxy) is 1. The smallest absolute Gasteiger partial charge is 0.201 e. The van der Waals surface area contributed by atoms with Crippen molar-refractivity contribution in [2.75, 3.05) is 5.32 Å². The lowest BCUT2D eigenvalue weighted by molar-refractivity contribution is -0.0149. The van der Waals surface area contributed by atoms with Gasteiger partial charge in [0.15, 0.2) is 0 Å². The average Bonchev–Trinajstić information content (AvgIpc) is 2.94. The van der Waals surface area contributed by atoms with Crippen molar-refractivity contribution < 1.29 is 4.74 Å². The Hall–Kier alpha value is -2.33.